The van der Waals surface area contributed by atoms with E-state index in [0.717, 1.165) is 52.4 Å². The summed E-state index contributed by atoms with van der Waals surface area (Å²) in [6.07, 6.45) is 6.17. The maximum atomic E-state index is 12.5. The van der Waals surface area contributed by atoms with Crippen molar-refractivity contribution in [1.82, 2.24) is 25.1 Å². The number of ether oxygens (including phenoxy) is 2. The number of hydrogen-bond acceptors (Lipinski definition) is 7. The number of pyridine rings is 1. The summed E-state index contributed by atoms with van der Waals surface area (Å²) in [5, 5.41) is 11.5. The molecule has 9 heteroatoms. The molecule has 1 amide bonds. The Labute approximate surface area is 196 Å². The molecule has 33 heavy (non-hydrogen) atoms. The number of unbranched alkanes of at least 4 members (excludes halogenated alkanes) is 1. The van der Waals surface area contributed by atoms with E-state index in [4.69, 9.17) is 9.47 Å². The maximum absolute atomic E-state index is 12.5. The fraction of sp³-hybridized carbons (Fsp3) is 0.333. The molecule has 8 nitrogen and oxygen atoms in total. The monoisotopic (exact) mass is 465 g/mol. The summed E-state index contributed by atoms with van der Waals surface area (Å²) in [5.74, 6) is 1.33. The van der Waals surface area contributed by atoms with Gasteiger partial charge in [-0.2, -0.15) is 5.10 Å². The number of thiazole rings is 1. The zero-order chi connectivity index (χ0) is 23.2. The Morgan fingerprint density at radius 1 is 1.15 bits per heavy atom. The van der Waals surface area contributed by atoms with E-state index in [2.05, 4.69) is 25.8 Å². The first kappa shape index (κ1) is 22.7. The largest absolute Gasteiger partial charge is 0.497 e. The van der Waals surface area contributed by atoms with Crippen LogP contribution in [0.3, 0.4) is 0 Å². The van der Waals surface area contributed by atoms with Crippen molar-refractivity contribution in [2.45, 2.75) is 32.7 Å². The predicted octanol–water partition coefficient (Wildman–Crippen LogP) is 4.01. The van der Waals surface area contributed by atoms with E-state index in [-0.39, 0.29) is 5.91 Å². The van der Waals surface area contributed by atoms with E-state index in [1.165, 1.54) is 0 Å². The van der Waals surface area contributed by atoms with Crippen LogP contribution in [0.15, 0.2) is 42.0 Å². The molecule has 0 fully saturated rings. The summed E-state index contributed by atoms with van der Waals surface area (Å²) >= 11 is 1.69. The van der Waals surface area contributed by atoms with Gasteiger partial charge in [-0.05, 0) is 44.4 Å². The number of nitrogens with zero attached hydrogens (tertiary/aromatic N) is 4. The Hall–Kier alpha value is -3.46. The molecule has 1 N–H and O–H groups in total. The summed E-state index contributed by atoms with van der Waals surface area (Å²) in [7, 11) is 3.25. The van der Waals surface area contributed by atoms with Gasteiger partial charge in [0.05, 0.1) is 37.5 Å². The first-order valence-electron chi connectivity index (χ1n) is 10.8. The normalized spacial score (nSPS) is 11.0. The number of hydrogen-bond donors (Lipinski definition) is 1. The lowest BCUT2D eigenvalue weighted by atomic mass is 10.2. The molecule has 0 unspecified atom stereocenters. The van der Waals surface area contributed by atoms with E-state index in [1.54, 1.807) is 42.6 Å². The van der Waals surface area contributed by atoms with Gasteiger partial charge in [0.25, 0.3) is 5.91 Å². The van der Waals surface area contributed by atoms with Gasteiger partial charge >= 0.3 is 0 Å². The standard InChI is InChI=1S/C24H27N5O3S/c1-16-15-33-22(28-16)6-4-5-9-25-24(30)19-10-18-13-27-29(23(18)26-12-19)14-17-7-8-20(31-2)11-21(17)32-3/h7-8,10-13,15H,4-6,9,14H2,1-3H3,(H,25,30). The number of aromatic nitrogens is 4. The molecule has 3 heterocycles. The van der Waals surface area contributed by atoms with Gasteiger partial charge in [-0.15, -0.1) is 11.3 Å². The quantitative estimate of drug-likeness (QED) is 0.356. The molecule has 1 aromatic carbocycles. The van der Waals surface area contributed by atoms with Gasteiger partial charge < -0.3 is 14.8 Å². The minimum Gasteiger partial charge on any atom is -0.497 e. The van der Waals surface area contributed by atoms with Crippen LogP contribution in [0.2, 0.25) is 0 Å². The first-order valence-corrected chi connectivity index (χ1v) is 11.7. The van der Waals surface area contributed by atoms with Crippen LogP contribution in [0.4, 0.5) is 0 Å². The van der Waals surface area contributed by atoms with Gasteiger partial charge in [-0.1, -0.05) is 0 Å². The average Bonchev–Trinajstić information content (AvgIpc) is 3.44. The predicted molar refractivity (Wildman–Crippen MR) is 128 cm³/mol. The Morgan fingerprint density at radius 2 is 2.03 bits per heavy atom. The summed E-state index contributed by atoms with van der Waals surface area (Å²) < 4.78 is 12.5. The minimum absolute atomic E-state index is 0.126. The van der Waals surface area contributed by atoms with Crippen LogP contribution < -0.4 is 14.8 Å². The van der Waals surface area contributed by atoms with Crippen molar-refractivity contribution in [1.29, 1.82) is 0 Å². The number of nitrogens with one attached hydrogen (secondary N) is 1. The lowest BCUT2D eigenvalue weighted by Crippen LogP contribution is -2.24. The van der Waals surface area contributed by atoms with Crippen LogP contribution in [0, 0.1) is 6.92 Å². The highest BCUT2D eigenvalue weighted by atomic mass is 32.1. The van der Waals surface area contributed by atoms with Crippen molar-refractivity contribution in [3.05, 3.63) is 63.9 Å². The Bertz CT molecular complexity index is 1250. The number of methoxy groups -OCH3 is 2. The van der Waals surface area contributed by atoms with Crippen LogP contribution >= 0.6 is 11.3 Å². The third-order valence-corrected chi connectivity index (χ3v) is 6.35. The van der Waals surface area contributed by atoms with Crippen LogP contribution in [0.5, 0.6) is 11.5 Å². The lowest BCUT2D eigenvalue weighted by Gasteiger charge is -2.11. The van der Waals surface area contributed by atoms with Gasteiger partial charge in [0.1, 0.15) is 11.5 Å². The summed E-state index contributed by atoms with van der Waals surface area (Å²) in [6.45, 7) is 3.12. The molecular formula is C24H27N5O3S. The molecule has 0 spiro atoms. The fourth-order valence-electron chi connectivity index (χ4n) is 3.58. The van der Waals surface area contributed by atoms with Crippen molar-refractivity contribution < 1.29 is 14.3 Å². The highest BCUT2D eigenvalue weighted by Gasteiger charge is 2.13. The summed E-state index contributed by atoms with van der Waals surface area (Å²) in [5.41, 5.74) is 3.26. The van der Waals surface area contributed by atoms with Gasteiger partial charge in [0.15, 0.2) is 5.65 Å². The Balaban J connectivity index is 1.35. The zero-order valence-electron chi connectivity index (χ0n) is 19.0. The van der Waals surface area contributed by atoms with Gasteiger partial charge in [-0.3, -0.25) is 4.79 Å². The van der Waals surface area contributed by atoms with E-state index < -0.39 is 0 Å². The Kier molecular flexibility index (Phi) is 7.19. The van der Waals surface area contributed by atoms with Gasteiger partial charge in [0.2, 0.25) is 0 Å². The molecule has 172 valence electrons. The van der Waals surface area contributed by atoms with Gasteiger partial charge in [0, 0.05) is 40.8 Å². The second-order valence-corrected chi connectivity index (χ2v) is 8.66. The van der Waals surface area contributed by atoms with Crippen molar-refractivity contribution >= 4 is 28.3 Å². The molecule has 0 bridgehead atoms. The number of rotatable bonds is 10. The van der Waals surface area contributed by atoms with E-state index >= 15 is 0 Å². The number of aryl methyl sites for hydroxylation is 2. The molecule has 0 saturated heterocycles. The smallest absolute Gasteiger partial charge is 0.252 e. The third-order valence-electron chi connectivity index (χ3n) is 5.32. The van der Waals surface area contributed by atoms with Crippen molar-refractivity contribution in [3.8, 4) is 11.5 Å². The molecule has 0 aliphatic carbocycles. The van der Waals surface area contributed by atoms with Crippen molar-refractivity contribution in [2.75, 3.05) is 20.8 Å². The summed E-state index contributed by atoms with van der Waals surface area (Å²) in [4.78, 5) is 21.5. The third kappa shape index (κ3) is 5.48. The van der Waals surface area contributed by atoms with E-state index in [1.807, 2.05) is 31.2 Å². The van der Waals surface area contributed by atoms with E-state index in [0.29, 0.717) is 24.3 Å². The molecule has 0 aliphatic heterocycles. The van der Waals surface area contributed by atoms with E-state index in [9.17, 15) is 4.79 Å². The van der Waals surface area contributed by atoms with Crippen LogP contribution in [0.25, 0.3) is 11.0 Å². The molecular weight excluding hydrogens is 438 g/mol. The van der Waals surface area contributed by atoms with Crippen LogP contribution in [0.1, 0.15) is 39.5 Å². The van der Waals surface area contributed by atoms with Crippen molar-refractivity contribution in [3.63, 3.8) is 0 Å². The first-order chi connectivity index (χ1) is 16.1. The highest BCUT2D eigenvalue weighted by Crippen LogP contribution is 2.26. The highest BCUT2D eigenvalue weighted by molar-refractivity contribution is 7.09. The zero-order valence-corrected chi connectivity index (χ0v) is 19.8. The second kappa shape index (κ2) is 10.4. The van der Waals surface area contributed by atoms with Gasteiger partial charge in [-0.25, -0.2) is 14.6 Å². The topological polar surface area (TPSA) is 91.2 Å². The Morgan fingerprint density at radius 3 is 2.79 bits per heavy atom. The number of benzene rings is 1. The van der Waals surface area contributed by atoms with Crippen LogP contribution in [-0.4, -0.2) is 46.4 Å². The molecule has 0 aliphatic rings. The molecule has 4 rings (SSSR count). The molecule has 4 aromatic rings. The van der Waals surface area contributed by atoms with Crippen LogP contribution in [-0.2, 0) is 13.0 Å². The molecule has 0 radical (unpaired) electrons. The maximum Gasteiger partial charge on any atom is 0.252 e. The SMILES string of the molecule is COc1ccc(Cn2ncc3cc(C(=O)NCCCCc4nc(C)cs4)cnc32)c(OC)c1. The molecule has 0 saturated carbocycles. The number of carbonyl (C=O) groups is 1. The number of carbonyl (C=O) groups excluding carboxylic acids is 1. The number of amides is 1. The van der Waals surface area contributed by atoms with Crippen molar-refractivity contribution in [2.24, 2.45) is 0 Å². The molecule has 0 atom stereocenters. The second-order valence-electron chi connectivity index (χ2n) is 7.71. The number of fused-ring (bicyclic) bond motifs is 1. The summed E-state index contributed by atoms with van der Waals surface area (Å²) in [6, 6.07) is 7.50. The molecule has 3 aromatic heterocycles. The fourth-order valence-corrected chi connectivity index (χ4v) is 4.40. The lowest BCUT2D eigenvalue weighted by molar-refractivity contribution is 0.0953. The average molecular weight is 466 g/mol. The minimum atomic E-state index is -0.126.